The van der Waals surface area contributed by atoms with Crippen LogP contribution in [0.4, 0.5) is 5.69 Å². The van der Waals surface area contributed by atoms with Crippen molar-refractivity contribution in [1.82, 2.24) is 4.31 Å². The SMILES string of the molecule is Cc1ccc(NC(=O)[C@H]2CCCN(S(=O)(=O)c3cccs3)C2)cc1Cl. The van der Waals surface area contributed by atoms with E-state index in [-0.39, 0.29) is 18.4 Å². The first-order chi connectivity index (χ1) is 11.9. The molecule has 3 rings (SSSR count). The first kappa shape index (κ1) is 18.4. The predicted octanol–water partition coefficient (Wildman–Crippen LogP) is 3.75. The number of anilines is 1. The molecule has 1 atom stereocenters. The predicted molar refractivity (Wildman–Crippen MR) is 101 cm³/mol. The lowest BCUT2D eigenvalue weighted by Gasteiger charge is -2.30. The van der Waals surface area contributed by atoms with Gasteiger partial charge in [0.1, 0.15) is 4.21 Å². The number of aryl methyl sites for hydroxylation is 1. The van der Waals surface area contributed by atoms with E-state index in [4.69, 9.17) is 11.6 Å². The molecule has 1 aromatic heterocycles. The van der Waals surface area contributed by atoms with Crippen molar-refractivity contribution in [1.29, 1.82) is 0 Å². The average Bonchev–Trinajstić information content (AvgIpc) is 3.14. The highest BCUT2D eigenvalue weighted by Gasteiger charge is 2.33. The molecular weight excluding hydrogens is 380 g/mol. The Kier molecular flexibility index (Phi) is 5.48. The number of sulfonamides is 1. The molecule has 1 N–H and O–H groups in total. The molecule has 25 heavy (non-hydrogen) atoms. The van der Waals surface area contributed by atoms with Gasteiger partial charge in [0.2, 0.25) is 5.91 Å². The zero-order chi connectivity index (χ0) is 18.0. The first-order valence-electron chi connectivity index (χ1n) is 7.98. The standard InChI is InChI=1S/C17H19ClN2O3S2/c1-12-6-7-14(10-15(12)18)19-17(21)13-4-2-8-20(11-13)25(22,23)16-5-3-9-24-16/h3,5-7,9-10,13H,2,4,8,11H2,1H3,(H,19,21)/t13-/m0/s1. The molecule has 1 amide bonds. The number of benzene rings is 1. The smallest absolute Gasteiger partial charge is 0.252 e. The molecule has 1 fully saturated rings. The minimum Gasteiger partial charge on any atom is -0.326 e. The lowest BCUT2D eigenvalue weighted by Crippen LogP contribution is -2.43. The fourth-order valence-electron chi connectivity index (χ4n) is 2.83. The number of thiophene rings is 1. The number of amides is 1. The van der Waals surface area contributed by atoms with Crippen LogP contribution in [0.1, 0.15) is 18.4 Å². The van der Waals surface area contributed by atoms with E-state index in [9.17, 15) is 13.2 Å². The zero-order valence-corrected chi connectivity index (χ0v) is 16.1. The fraction of sp³-hybridized carbons (Fsp3) is 0.353. The van der Waals surface area contributed by atoms with Crippen LogP contribution in [-0.2, 0) is 14.8 Å². The molecule has 0 unspecified atom stereocenters. The summed E-state index contributed by atoms with van der Waals surface area (Å²) in [5.41, 5.74) is 1.56. The van der Waals surface area contributed by atoms with Gasteiger partial charge in [0.15, 0.2) is 0 Å². The average molecular weight is 399 g/mol. The van der Waals surface area contributed by atoms with Crippen molar-refractivity contribution >= 4 is 44.6 Å². The molecule has 1 saturated heterocycles. The molecular formula is C17H19ClN2O3S2. The largest absolute Gasteiger partial charge is 0.326 e. The monoisotopic (exact) mass is 398 g/mol. The van der Waals surface area contributed by atoms with Gasteiger partial charge in [-0.1, -0.05) is 23.7 Å². The van der Waals surface area contributed by atoms with Crippen molar-refractivity contribution in [3.8, 4) is 0 Å². The summed E-state index contributed by atoms with van der Waals surface area (Å²) >= 11 is 7.28. The highest BCUT2D eigenvalue weighted by atomic mass is 35.5. The number of piperidine rings is 1. The Balaban J connectivity index is 1.70. The molecule has 8 heteroatoms. The van der Waals surface area contributed by atoms with Crippen LogP contribution in [0.5, 0.6) is 0 Å². The third kappa shape index (κ3) is 4.06. The third-order valence-corrected chi connectivity index (χ3v) is 7.93. The quantitative estimate of drug-likeness (QED) is 0.852. The Morgan fingerprint density at radius 2 is 2.16 bits per heavy atom. The van der Waals surface area contributed by atoms with Gasteiger partial charge in [0.25, 0.3) is 10.0 Å². The zero-order valence-electron chi connectivity index (χ0n) is 13.7. The molecule has 134 valence electrons. The highest BCUT2D eigenvalue weighted by Crippen LogP contribution is 2.27. The van der Waals surface area contributed by atoms with Crippen molar-refractivity contribution < 1.29 is 13.2 Å². The summed E-state index contributed by atoms with van der Waals surface area (Å²) in [5.74, 6) is -0.547. The first-order valence-corrected chi connectivity index (χ1v) is 10.7. The fourth-order valence-corrected chi connectivity index (χ4v) is 5.68. The van der Waals surface area contributed by atoms with Crippen LogP contribution in [-0.4, -0.2) is 31.7 Å². The molecule has 2 aromatic rings. The number of hydrogen-bond donors (Lipinski definition) is 1. The number of rotatable bonds is 4. The molecule has 0 saturated carbocycles. The molecule has 1 aromatic carbocycles. The van der Waals surface area contributed by atoms with E-state index in [1.165, 1.54) is 15.6 Å². The van der Waals surface area contributed by atoms with E-state index in [1.54, 1.807) is 29.6 Å². The summed E-state index contributed by atoms with van der Waals surface area (Å²) < 4.78 is 27.0. The molecule has 0 radical (unpaired) electrons. The summed E-state index contributed by atoms with van der Waals surface area (Å²) in [6.45, 7) is 2.54. The van der Waals surface area contributed by atoms with E-state index >= 15 is 0 Å². The number of carbonyl (C=O) groups is 1. The highest BCUT2D eigenvalue weighted by molar-refractivity contribution is 7.91. The Morgan fingerprint density at radius 3 is 2.84 bits per heavy atom. The van der Waals surface area contributed by atoms with Crippen LogP contribution < -0.4 is 5.32 Å². The second-order valence-corrected chi connectivity index (χ2v) is 9.61. The molecule has 5 nitrogen and oxygen atoms in total. The topological polar surface area (TPSA) is 66.5 Å². The van der Waals surface area contributed by atoms with Gasteiger partial charge in [-0.25, -0.2) is 8.42 Å². The van der Waals surface area contributed by atoms with Crippen molar-refractivity contribution in [2.75, 3.05) is 18.4 Å². The van der Waals surface area contributed by atoms with Gasteiger partial charge in [0, 0.05) is 23.8 Å². The number of nitrogens with zero attached hydrogens (tertiary/aromatic N) is 1. The summed E-state index contributed by atoms with van der Waals surface area (Å²) in [4.78, 5) is 12.5. The summed E-state index contributed by atoms with van der Waals surface area (Å²) in [6.07, 6.45) is 1.33. The van der Waals surface area contributed by atoms with Crippen LogP contribution in [0.2, 0.25) is 5.02 Å². The maximum Gasteiger partial charge on any atom is 0.252 e. The minimum atomic E-state index is -3.52. The maximum absolute atomic E-state index is 12.6. The van der Waals surface area contributed by atoms with Gasteiger partial charge in [0.05, 0.1) is 5.92 Å². The van der Waals surface area contributed by atoms with Crippen molar-refractivity contribution in [3.63, 3.8) is 0 Å². The van der Waals surface area contributed by atoms with Gasteiger partial charge >= 0.3 is 0 Å². The van der Waals surface area contributed by atoms with Gasteiger partial charge < -0.3 is 5.32 Å². The van der Waals surface area contributed by atoms with E-state index in [0.29, 0.717) is 34.3 Å². The maximum atomic E-state index is 12.6. The van der Waals surface area contributed by atoms with Crippen molar-refractivity contribution in [2.45, 2.75) is 24.0 Å². The number of carbonyl (C=O) groups excluding carboxylic acids is 1. The van der Waals surface area contributed by atoms with E-state index in [2.05, 4.69) is 5.32 Å². The van der Waals surface area contributed by atoms with E-state index < -0.39 is 10.0 Å². The Bertz CT molecular complexity index is 866. The van der Waals surface area contributed by atoms with Gasteiger partial charge in [-0.15, -0.1) is 11.3 Å². The summed E-state index contributed by atoms with van der Waals surface area (Å²) in [5, 5.41) is 5.17. The summed E-state index contributed by atoms with van der Waals surface area (Å²) in [7, 11) is -3.52. The molecule has 0 bridgehead atoms. The number of halogens is 1. The van der Waals surface area contributed by atoms with E-state index in [1.807, 2.05) is 13.0 Å². The minimum absolute atomic E-state index is 0.175. The molecule has 0 spiro atoms. The van der Waals surface area contributed by atoms with Crippen LogP contribution >= 0.6 is 22.9 Å². The van der Waals surface area contributed by atoms with Gasteiger partial charge in [-0.3, -0.25) is 4.79 Å². The second-order valence-electron chi connectivity index (χ2n) is 6.09. The molecule has 1 aliphatic heterocycles. The molecule has 0 aliphatic carbocycles. The number of nitrogens with one attached hydrogen (secondary N) is 1. The number of hydrogen-bond acceptors (Lipinski definition) is 4. The molecule has 2 heterocycles. The lowest BCUT2D eigenvalue weighted by atomic mass is 9.98. The summed E-state index contributed by atoms with van der Waals surface area (Å²) in [6, 6.07) is 8.65. The second kappa shape index (κ2) is 7.45. The van der Waals surface area contributed by atoms with Gasteiger partial charge in [-0.05, 0) is 48.9 Å². The van der Waals surface area contributed by atoms with Crippen LogP contribution in [0.25, 0.3) is 0 Å². The van der Waals surface area contributed by atoms with Gasteiger partial charge in [-0.2, -0.15) is 4.31 Å². The Morgan fingerprint density at radius 1 is 1.36 bits per heavy atom. The van der Waals surface area contributed by atoms with Crippen LogP contribution in [0.3, 0.4) is 0 Å². The van der Waals surface area contributed by atoms with E-state index in [0.717, 1.165) is 5.56 Å². The molecule has 1 aliphatic rings. The lowest BCUT2D eigenvalue weighted by molar-refractivity contribution is -0.120. The van der Waals surface area contributed by atoms with Crippen molar-refractivity contribution in [2.24, 2.45) is 5.92 Å². The Hall–Kier alpha value is -1.41. The van der Waals surface area contributed by atoms with Crippen LogP contribution in [0.15, 0.2) is 39.9 Å². The van der Waals surface area contributed by atoms with Crippen molar-refractivity contribution in [3.05, 3.63) is 46.3 Å². The van der Waals surface area contributed by atoms with Crippen LogP contribution in [0, 0.1) is 12.8 Å². The third-order valence-electron chi connectivity index (χ3n) is 4.28. The Labute approximate surface area is 156 Å². The normalized spacial score (nSPS) is 18.9.